The average Bonchev–Trinajstić information content (AvgIpc) is 3.38. The Labute approximate surface area is 220 Å². The quantitative estimate of drug-likeness (QED) is 0.265. The van der Waals surface area contributed by atoms with Crippen LogP contribution in [0, 0.1) is 5.82 Å². The number of halogens is 1. The maximum absolute atomic E-state index is 14.3. The fraction of sp³-hybridized carbons (Fsp3) is 0.286. The standard InChI is InChI=1S/C28H32FN7O2/c1-17(2)35-11-13-36(14-12-35)18-7-8-21(24(15-18)38-3)33-25-16-23(19-9-10-31-28(19)34-25)32-22-6-4-5-20(29)26(22)27(30)37/h4-10,15-17H,11-14H2,1-3H3,(H2,30,37)(H3,31,32,33,34). The lowest BCUT2D eigenvalue weighted by Crippen LogP contribution is -2.48. The monoisotopic (exact) mass is 517 g/mol. The highest BCUT2D eigenvalue weighted by atomic mass is 19.1. The number of primary amides is 1. The number of ether oxygens (including phenoxy) is 1. The molecular formula is C28H32FN7O2. The van der Waals surface area contributed by atoms with Crippen LogP contribution in [0.15, 0.2) is 54.7 Å². The molecule has 0 bridgehead atoms. The summed E-state index contributed by atoms with van der Waals surface area (Å²) in [6, 6.07) is 14.6. The number of rotatable bonds is 8. The van der Waals surface area contributed by atoms with Crippen molar-refractivity contribution in [1.29, 1.82) is 0 Å². The molecule has 10 heteroatoms. The zero-order chi connectivity index (χ0) is 26.8. The number of piperazine rings is 1. The normalized spacial score (nSPS) is 14.2. The van der Waals surface area contributed by atoms with E-state index >= 15 is 0 Å². The van der Waals surface area contributed by atoms with Gasteiger partial charge in [-0.3, -0.25) is 9.69 Å². The number of hydrogen-bond acceptors (Lipinski definition) is 7. The molecule has 1 amide bonds. The van der Waals surface area contributed by atoms with E-state index in [1.165, 1.54) is 12.1 Å². The van der Waals surface area contributed by atoms with Crippen LogP contribution in [0.1, 0.15) is 24.2 Å². The summed E-state index contributed by atoms with van der Waals surface area (Å²) in [7, 11) is 1.64. The Balaban J connectivity index is 1.42. The van der Waals surface area contributed by atoms with Crippen molar-refractivity contribution in [2.75, 3.05) is 48.8 Å². The number of carbonyl (C=O) groups excluding carboxylic acids is 1. The first-order valence-electron chi connectivity index (χ1n) is 12.6. The Morgan fingerprint density at radius 1 is 1.05 bits per heavy atom. The number of H-pyrrole nitrogens is 1. The van der Waals surface area contributed by atoms with E-state index in [0.29, 0.717) is 28.9 Å². The van der Waals surface area contributed by atoms with Gasteiger partial charge in [-0.2, -0.15) is 0 Å². The summed E-state index contributed by atoms with van der Waals surface area (Å²) in [5.74, 6) is -0.302. The summed E-state index contributed by atoms with van der Waals surface area (Å²) in [6.07, 6.45) is 1.77. The Kier molecular flexibility index (Phi) is 7.06. The molecule has 5 rings (SSSR count). The first-order chi connectivity index (χ1) is 18.3. The fourth-order valence-corrected chi connectivity index (χ4v) is 4.84. The largest absolute Gasteiger partial charge is 0.494 e. The Morgan fingerprint density at radius 2 is 1.84 bits per heavy atom. The molecule has 198 valence electrons. The smallest absolute Gasteiger partial charge is 0.253 e. The number of hydrogen-bond donors (Lipinski definition) is 4. The van der Waals surface area contributed by atoms with Gasteiger partial charge in [-0.25, -0.2) is 9.37 Å². The van der Waals surface area contributed by atoms with Gasteiger partial charge in [0.15, 0.2) is 0 Å². The predicted molar refractivity (Wildman–Crippen MR) is 149 cm³/mol. The minimum Gasteiger partial charge on any atom is -0.494 e. The van der Waals surface area contributed by atoms with Gasteiger partial charge in [0.25, 0.3) is 5.91 Å². The fourth-order valence-electron chi connectivity index (χ4n) is 4.84. The number of anilines is 5. The van der Waals surface area contributed by atoms with E-state index in [4.69, 9.17) is 10.5 Å². The van der Waals surface area contributed by atoms with Crippen molar-refractivity contribution in [3.8, 4) is 5.75 Å². The molecule has 4 aromatic rings. The molecule has 1 saturated heterocycles. The topological polar surface area (TPSA) is 112 Å². The van der Waals surface area contributed by atoms with Crippen molar-refractivity contribution in [2.24, 2.45) is 5.73 Å². The van der Waals surface area contributed by atoms with Crippen LogP contribution < -0.4 is 26.0 Å². The van der Waals surface area contributed by atoms with Gasteiger partial charge >= 0.3 is 0 Å². The molecule has 0 saturated carbocycles. The summed E-state index contributed by atoms with van der Waals surface area (Å²) in [5, 5.41) is 7.28. The third-order valence-corrected chi connectivity index (χ3v) is 6.92. The number of nitrogens with zero attached hydrogens (tertiary/aromatic N) is 3. The van der Waals surface area contributed by atoms with Crippen molar-refractivity contribution < 1.29 is 13.9 Å². The van der Waals surface area contributed by atoms with E-state index in [0.717, 1.165) is 42.9 Å². The summed E-state index contributed by atoms with van der Waals surface area (Å²) in [4.78, 5) is 24.5. The highest BCUT2D eigenvalue weighted by molar-refractivity contribution is 6.01. The van der Waals surface area contributed by atoms with Crippen molar-refractivity contribution in [3.05, 3.63) is 66.1 Å². The number of aromatic nitrogens is 2. The number of amides is 1. The average molecular weight is 518 g/mol. The molecule has 0 spiro atoms. The van der Waals surface area contributed by atoms with Crippen LogP contribution in [-0.2, 0) is 0 Å². The molecule has 1 fully saturated rings. The molecule has 0 aliphatic carbocycles. The molecule has 3 heterocycles. The second-order valence-corrected chi connectivity index (χ2v) is 9.57. The van der Waals surface area contributed by atoms with Crippen LogP contribution in [0.2, 0.25) is 0 Å². The summed E-state index contributed by atoms with van der Waals surface area (Å²) in [6.45, 7) is 8.43. The summed E-state index contributed by atoms with van der Waals surface area (Å²) < 4.78 is 20.1. The number of aromatic amines is 1. The third kappa shape index (κ3) is 5.08. The zero-order valence-corrected chi connectivity index (χ0v) is 21.7. The van der Waals surface area contributed by atoms with Crippen molar-refractivity contribution in [2.45, 2.75) is 19.9 Å². The van der Waals surface area contributed by atoms with Crippen LogP contribution in [0.4, 0.5) is 33.0 Å². The molecule has 0 radical (unpaired) electrons. The number of carbonyl (C=O) groups is 1. The SMILES string of the molecule is COc1cc(N2CCN(C(C)C)CC2)ccc1Nc1cc(Nc2cccc(F)c2C(N)=O)c2cc[nH]c2n1. The van der Waals surface area contributed by atoms with Gasteiger partial charge in [-0.15, -0.1) is 0 Å². The third-order valence-electron chi connectivity index (χ3n) is 6.92. The van der Waals surface area contributed by atoms with E-state index in [-0.39, 0.29) is 11.3 Å². The molecule has 38 heavy (non-hydrogen) atoms. The summed E-state index contributed by atoms with van der Waals surface area (Å²) >= 11 is 0. The Bertz CT molecular complexity index is 1460. The van der Waals surface area contributed by atoms with E-state index in [9.17, 15) is 9.18 Å². The Morgan fingerprint density at radius 3 is 2.55 bits per heavy atom. The van der Waals surface area contributed by atoms with Crippen LogP contribution in [-0.4, -0.2) is 60.1 Å². The van der Waals surface area contributed by atoms with Gasteiger partial charge in [0, 0.05) is 61.6 Å². The van der Waals surface area contributed by atoms with Gasteiger partial charge in [0.2, 0.25) is 0 Å². The number of methoxy groups -OCH3 is 1. The molecule has 2 aromatic heterocycles. The van der Waals surface area contributed by atoms with E-state index in [1.807, 2.05) is 18.2 Å². The highest BCUT2D eigenvalue weighted by Gasteiger charge is 2.20. The lowest BCUT2D eigenvalue weighted by Gasteiger charge is -2.38. The molecule has 2 aromatic carbocycles. The molecule has 9 nitrogen and oxygen atoms in total. The first kappa shape index (κ1) is 25.3. The van der Waals surface area contributed by atoms with Crippen molar-refractivity contribution in [3.63, 3.8) is 0 Å². The van der Waals surface area contributed by atoms with E-state index in [2.05, 4.69) is 50.3 Å². The van der Waals surface area contributed by atoms with Crippen molar-refractivity contribution >= 4 is 45.5 Å². The minimum absolute atomic E-state index is 0.200. The second kappa shape index (κ2) is 10.6. The number of nitrogens with two attached hydrogens (primary N) is 1. The van der Waals surface area contributed by atoms with E-state index in [1.54, 1.807) is 25.4 Å². The molecular weight excluding hydrogens is 485 g/mol. The number of nitrogens with one attached hydrogen (secondary N) is 3. The van der Waals surface area contributed by atoms with E-state index < -0.39 is 11.7 Å². The van der Waals surface area contributed by atoms with Crippen LogP contribution in [0.5, 0.6) is 5.75 Å². The first-order valence-corrected chi connectivity index (χ1v) is 12.6. The van der Waals surface area contributed by atoms with Gasteiger partial charge in [-0.05, 0) is 44.2 Å². The highest BCUT2D eigenvalue weighted by Crippen LogP contribution is 2.35. The zero-order valence-electron chi connectivity index (χ0n) is 21.7. The Hall–Kier alpha value is -4.31. The van der Waals surface area contributed by atoms with Gasteiger partial charge in [0.1, 0.15) is 23.0 Å². The molecule has 1 aliphatic heterocycles. The lowest BCUT2D eigenvalue weighted by atomic mass is 10.1. The second-order valence-electron chi connectivity index (χ2n) is 9.57. The number of benzene rings is 2. The van der Waals surface area contributed by atoms with Gasteiger partial charge in [-0.1, -0.05) is 6.07 Å². The van der Waals surface area contributed by atoms with Crippen LogP contribution in [0.3, 0.4) is 0 Å². The molecule has 1 aliphatic rings. The van der Waals surface area contributed by atoms with Gasteiger partial charge < -0.3 is 31.0 Å². The molecule has 0 unspecified atom stereocenters. The minimum atomic E-state index is -0.848. The maximum atomic E-state index is 14.3. The molecule has 0 atom stereocenters. The predicted octanol–water partition coefficient (Wildman–Crippen LogP) is 4.83. The number of fused-ring (bicyclic) bond motifs is 1. The van der Waals surface area contributed by atoms with Crippen LogP contribution in [0.25, 0.3) is 11.0 Å². The van der Waals surface area contributed by atoms with Crippen LogP contribution >= 0.6 is 0 Å². The summed E-state index contributed by atoms with van der Waals surface area (Å²) in [5.41, 5.74) is 8.63. The van der Waals surface area contributed by atoms with Gasteiger partial charge in [0.05, 0.1) is 29.7 Å². The lowest BCUT2D eigenvalue weighted by molar-refractivity contribution is 0.0997. The number of pyridine rings is 1. The van der Waals surface area contributed by atoms with Crippen molar-refractivity contribution in [1.82, 2.24) is 14.9 Å². The molecule has 5 N–H and O–H groups in total. The maximum Gasteiger partial charge on any atom is 0.253 e.